The van der Waals surface area contributed by atoms with Gasteiger partial charge in [0.05, 0.1) is 16.9 Å². The average Bonchev–Trinajstić information content (AvgIpc) is 3.24. The second-order valence-corrected chi connectivity index (χ2v) is 9.64. The maximum absolute atomic E-state index is 13.3. The van der Waals surface area contributed by atoms with E-state index in [9.17, 15) is 9.59 Å². The summed E-state index contributed by atoms with van der Waals surface area (Å²) in [7, 11) is 1.61. The molecule has 0 saturated heterocycles. The van der Waals surface area contributed by atoms with E-state index in [-0.39, 0.29) is 11.6 Å². The molecule has 1 heterocycles. The minimum absolute atomic E-state index is 0.109. The van der Waals surface area contributed by atoms with Crippen LogP contribution in [-0.2, 0) is 0 Å². The van der Waals surface area contributed by atoms with Gasteiger partial charge in [-0.25, -0.2) is 0 Å². The first kappa shape index (κ1) is 21.7. The lowest BCUT2D eigenvalue weighted by Crippen LogP contribution is -2.00. The van der Waals surface area contributed by atoms with Gasteiger partial charge in [-0.05, 0) is 72.3 Å². The molecule has 0 fully saturated rings. The molecule has 0 aliphatic heterocycles. The summed E-state index contributed by atoms with van der Waals surface area (Å²) in [5.41, 5.74) is 2.74. The Hall–Kier alpha value is -2.54. The van der Waals surface area contributed by atoms with Crippen LogP contribution in [0, 0.1) is 0 Å². The normalized spacial score (nSPS) is 10.7. The Labute approximate surface area is 201 Å². The number of rotatable bonds is 6. The molecule has 0 aliphatic carbocycles. The van der Waals surface area contributed by atoms with Crippen molar-refractivity contribution < 1.29 is 14.3 Å². The van der Waals surface area contributed by atoms with Gasteiger partial charge < -0.3 is 4.74 Å². The second kappa shape index (κ2) is 9.30. The smallest absolute Gasteiger partial charge is 0.203 e. The Morgan fingerprint density at radius 3 is 1.77 bits per heavy atom. The minimum atomic E-state index is -0.113. The lowest BCUT2D eigenvalue weighted by atomic mass is 10.0. The molecular weight excluding hydrogens is 540 g/mol. The van der Waals surface area contributed by atoms with E-state index in [1.165, 1.54) is 11.3 Å². The average molecular weight is 556 g/mol. The van der Waals surface area contributed by atoms with Gasteiger partial charge in [0.1, 0.15) is 5.75 Å². The number of ketones is 2. The fraction of sp³-hybridized carbons (Fsp3) is 0.0400. The van der Waals surface area contributed by atoms with E-state index in [1.54, 1.807) is 31.4 Å². The van der Waals surface area contributed by atoms with E-state index in [1.807, 2.05) is 54.6 Å². The number of hydrogen-bond donors (Lipinski definition) is 0. The van der Waals surface area contributed by atoms with Crippen molar-refractivity contribution in [3.63, 3.8) is 0 Å². The fourth-order valence-electron chi connectivity index (χ4n) is 3.13. The molecule has 0 N–H and O–H groups in total. The van der Waals surface area contributed by atoms with Crippen LogP contribution < -0.4 is 4.74 Å². The van der Waals surface area contributed by atoms with Crippen LogP contribution in [0.1, 0.15) is 30.5 Å². The number of carbonyl (C=O) groups is 2. The Morgan fingerprint density at radius 2 is 1.26 bits per heavy atom. The molecule has 4 rings (SSSR count). The first-order valence-electron chi connectivity index (χ1n) is 9.35. The van der Waals surface area contributed by atoms with Gasteiger partial charge in [-0.15, -0.1) is 11.3 Å². The van der Waals surface area contributed by atoms with E-state index in [0.717, 1.165) is 25.8 Å². The van der Waals surface area contributed by atoms with Crippen LogP contribution in [0.5, 0.6) is 5.75 Å². The first-order chi connectivity index (χ1) is 15.0. The van der Waals surface area contributed by atoms with Crippen molar-refractivity contribution in [1.82, 2.24) is 0 Å². The topological polar surface area (TPSA) is 43.4 Å². The third-order valence-corrected chi connectivity index (χ3v) is 6.97. The molecule has 0 radical (unpaired) electrons. The Morgan fingerprint density at radius 1 is 0.742 bits per heavy atom. The quantitative estimate of drug-likeness (QED) is 0.233. The molecule has 0 amide bonds. The van der Waals surface area contributed by atoms with Gasteiger partial charge in [-0.1, -0.05) is 44.0 Å². The Kier molecular flexibility index (Phi) is 6.51. The molecule has 31 heavy (non-hydrogen) atoms. The summed E-state index contributed by atoms with van der Waals surface area (Å²) in [6.45, 7) is 0. The molecule has 3 aromatic carbocycles. The first-order valence-corrected chi connectivity index (χ1v) is 11.8. The highest BCUT2D eigenvalue weighted by atomic mass is 79.9. The summed E-state index contributed by atoms with van der Waals surface area (Å²) in [5.74, 6) is 0.506. The van der Waals surface area contributed by atoms with Gasteiger partial charge in [0.15, 0.2) is 0 Å². The number of benzene rings is 3. The highest BCUT2D eigenvalue weighted by Gasteiger charge is 2.22. The van der Waals surface area contributed by atoms with Crippen LogP contribution >= 0.6 is 43.2 Å². The zero-order valence-corrected chi connectivity index (χ0v) is 20.4. The number of methoxy groups -OCH3 is 1. The zero-order valence-electron chi connectivity index (χ0n) is 16.4. The fourth-order valence-corrected chi connectivity index (χ4v) is 4.77. The molecule has 154 valence electrons. The van der Waals surface area contributed by atoms with Gasteiger partial charge in [0.25, 0.3) is 0 Å². The van der Waals surface area contributed by atoms with Crippen molar-refractivity contribution in [2.24, 2.45) is 0 Å². The van der Waals surface area contributed by atoms with Crippen LogP contribution in [0.3, 0.4) is 0 Å². The number of ether oxygens (including phenoxy) is 1. The van der Waals surface area contributed by atoms with Crippen molar-refractivity contribution >= 4 is 54.8 Å². The van der Waals surface area contributed by atoms with E-state index in [4.69, 9.17) is 4.74 Å². The number of hydrogen-bond acceptors (Lipinski definition) is 4. The van der Waals surface area contributed by atoms with Crippen LogP contribution in [0.25, 0.3) is 11.1 Å². The molecule has 0 spiro atoms. The van der Waals surface area contributed by atoms with E-state index in [2.05, 4.69) is 31.9 Å². The molecule has 0 atom stereocenters. The highest BCUT2D eigenvalue weighted by Crippen LogP contribution is 2.35. The number of thiophene rings is 1. The van der Waals surface area contributed by atoms with Gasteiger partial charge in [-0.2, -0.15) is 0 Å². The van der Waals surface area contributed by atoms with E-state index < -0.39 is 0 Å². The van der Waals surface area contributed by atoms with E-state index in [0.29, 0.717) is 20.9 Å². The van der Waals surface area contributed by atoms with Crippen LogP contribution in [0.2, 0.25) is 0 Å². The van der Waals surface area contributed by atoms with Crippen molar-refractivity contribution in [3.8, 4) is 16.9 Å². The monoisotopic (exact) mass is 554 g/mol. The molecule has 0 bridgehead atoms. The van der Waals surface area contributed by atoms with Gasteiger partial charge >= 0.3 is 0 Å². The molecule has 0 aliphatic rings. The summed E-state index contributed by atoms with van der Waals surface area (Å²) in [5, 5.41) is 0. The Balaban J connectivity index is 1.80. The Bertz CT molecular complexity index is 1240. The van der Waals surface area contributed by atoms with Crippen LogP contribution in [0.15, 0.2) is 87.8 Å². The predicted octanol–water partition coefficient (Wildman–Crippen LogP) is 7.41. The van der Waals surface area contributed by atoms with Crippen LogP contribution in [0.4, 0.5) is 0 Å². The molecule has 0 unspecified atom stereocenters. The summed E-state index contributed by atoms with van der Waals surface area (Å²) in [6, 6.07) is 23.7. The third-order valence-electron chi connectivity index (χ3n) is 4.78. The highest BCUT2D eigenvalue weighted by molar-refractivity contribution is 9.10. The number of halogens is 2. The van der Waals surface area contributed by atoms with E-state index >= 15 is 0 Å². The van der Waals surface area contributed by atoms with Crippen LogP contribution in [-0.4, -0.2) is 18.7 Å². The predicted molar refractivity (Wildman–Crippen MR) is 131 cm³/mol. The lowest BCUT2D eigenvalue weighted by molar-refractivity contribution is 0.103. The third kappa shape index (κ3) is 4.71. The molecule has 3 nitrogen and oxygen atoms in total. The maximum Gasteiger partial charge on any atom is 0.203 e. The molecule has 4 aromatic rings. The van der Waals surface area contributed by atoms with Crippen molar-refractivity contribution in [1.29, 1.82) is 0 Å². The zero-order chi connectivity index (χ0) is 22.0. The van der Waals surface area contributed by atoms with Crippen molar-refractivity contribution in [2.45, 2.75) is 0 Å². The summed E-state index contributed by atoms with van der Waals surface area (Å²) in [4.78, 5) is 27.5. The minimum Gasteiger partial charge on any atom is -0.497 e. The number of carbonyl (C=O) groups excluding carboxylic acids is 2. The standard InChI is InChI=1S/C25H16Br2O3S/c1-30-20-12-6-15(7-13-20)21-14-22(23(28)16-2-8-18(26)9-3-16)31-25(21)24(29)17-4-10-19(27)11-5-17/h2-14H,1H3. The van der Waals surface area contributed by atoms with Gasteiger partial charge in [0.2, 0.25) is 11.6 Å². The van der Waals surface area contributed by atoms with Crippen molar-refractivity contribution in [3.05, 3.63) is 109 Å². The second-order valence-electron chi connectivity index (χ2n) is 6.75. The van der Waals surface area contributed by atoms with Gasteiger partial charge in [0, 0.05) is 25.6 Å². The summed E-state index contributed by atoms with van der Waals surface area (Å²) < 4.78 is 7.05. The molecule has 6 heteroatoms. The summed E-state index contributed by atoms with van der Waals surface area (Å²) in [6.07, 6.45) is 0. The maximum atomic E-state index is 13.3. The van der Waals surface area contributed by atoms with Crippen molar-refractivity contribution in [2.75, 3.05) is 7.11 Å². The van der Waals surface area contributed by atoms with Gasteiger partial charge in [-0.3, -0.25) is 9.59 Å². The SMILES string of the molecule is COc1ccc(-c2cc(C(=O)c3ccc(Br)cc3)sc2C(=O)c2ccc(Br)cc2)cc1. The lowest BCUT2D eigenvalue weighted by Gasteiger charge is -2.05. The largest absolute Gasteiger partial charge is 0.497 e. The molecule has 0 saturated carbocycles. The summed E-state index contributed by atoms with van der Waals surface area (Å²) >= 11 is 8.02. The molecule has 1 aromatic heterocycles. The molecular formula is C25H16Br2O3S.